The van der Waals surface area contributed by atoms with Crippen molar-refractivity contribution in [1.82, 2.24) is 14.8 Å². The third kappa shape index (κ3) is 1.68. The van der Waals surface area contributed by atoms with Crippen LogP contribution < -0.4 is 0 Å². The van der Waals surface area contributed by atoms with Crippen LogP contribution in [0.3, 0.4) is 0 Å². The highest BCUT2D eigenvalue weighted by Crippen LogP contribution is 2.29. The second-order valence-corrected chi connectivity index (χ2v) is 4.66. The Morgan fingerprint density at radius 1 is 1.06 bits per heavy atom. The number of para-hydroxylation sites is 1. The van der Waals surface area contributed by atoms with Crippen LogP contribution in [0, 0.1) is 0 Å². The van der Waals surface area contributed by atoms with Gasteiger partial charge in [0.25, 0.3) is 0 Å². The van der Waals surface area contributed by atoms with Gasteiger partial charge in [-0.15, -0.1) is 5.10 Å². The Kier molecular flexibility index (Phi) is 2.59. The maximum atomic E-state index is 4.22. The number of nitrogens with zero attached hydrogens (tertiary/aromatic N) is 3. The summed E-state index contributed by atoms with van der Waals surface area (Å²) in [6.07, 6.45) is 1.70. The first-order valence-electron chi connectivity index (χ1n) is 6.15. The first kappa shape index (κ1) is 11.0. The van der Waals surface area contributed by atoms with E-state index in [1.165, 1.54) is 10.9 Å². The summed E-state index contributed by atoms with van der Waals surface area (Å²) in [6, 6.07) is 14.9. The van der Waals surface area contributed by atoms with Crippen molar-refractivity contribution >= 4 is 10.9 Å². The first-order chi connectivity index (χ1) is 8.77. The number of hydrogen-bond donors (Lipinski definition) is 0. The zero-order valence-electron chi connectivity index (χ0n) is 10.5. The number of aromatic nitrogens is 3. The Bertz CT molecular complexity index is 669. The van der Waals surface area contributed by atoms with Crippen LogP contribution in [0.5, 0.6) is 0 Å². The zero-order valence-corrected chi connectivity index (χ0v) is 10.5. The van der Waals surface area contributed by atoms with E-state index in [-0.39, 0.29) is 0 Å². The molecule has 3 nitrogen and oxygen atoms in total. The van der Waals surface area contributed by atoms with E-state index in [4.69, 9.17) is 0 Å². The van der Waals surface area contributed by atoms with E-state index < -0.39 is 0 Å². The third-order valence-corrected chi connectivity index (χ3v) is 3.10. The molecule has 0 fully saturated rings. The molecule has 1 aromatic carbocycles. The molecule has 0 aliphatic rings. The van der Waals surface area contributed by atoms with Gasteiger partial charge >= 0.3 is 0 Å². The van der Waals surface area contributed by atoms with Crippen LogP contribution >= 0.6 is 0 Å². The minimum atomic E-state index is 0.391. The van der Waals surface area contributed by atoms with Crippen molar-refractivity contribution in [2.24, 2.45) is 0 Å². The van der Waals surface area contributed by atoms with Gasteiger partial charge in [-0.2, -0.15) is 5.10 Å². The van der Waals surface area contributed by atoms with Gasteiger partial charge in [0.15, 0.2) is 0 Å². The van der Waals surface area contributed by atoms with Crippen molar-refractivity contribution in [3.8, 4) is 11.4 Å². The lowest BCUT2D eigenvalue weighted by atomic mass is 10.2. The molecule has 0 radical (unpaired) electrons. The number of fused-ring (bicyclic) bond motifs is 1. The van der Waals surface area contributed by atoms with E-state index >= 15 is 0 Å². The van der Waals surface area contributed by atoms with Gasteiger partial charge in [0.2, 0.25) is 0 Å². The molecule has 0 aliphatic heterocycles. The molecule has 2 aromatic heterocycles. The maximum absolute atomic E-state index is 4.22. The summed E-state index contributed by atoms with van der Waals surface area (Å²) >= 11 is 0. The van der Waals surface area contributed by atoms with E-state index in [0.29, 0.717) is 6.04 Å². The molecule has 18 heavy (non-hydrogen) atoms. The van der Waals surface area contributed by atoms with E-state index in [1.807, 2.05) is 12.1 Å². The summed E-state index contributed by atoms with van der Waals surface area (Å²) in [7, 11) is 0. The van der Waals surface area contributed by atoms with E-state index in [2.05, 4.69) is 58.9 Å². The fourth-order valence-corrected chi connectivity index (χ4v) is 2.37. The molecule has 0 unspecified atom stereocenters. The maximum Gasteiger partial charge on any atom is 0.109 e. The summed E-state index contributed by atoms with van der Waals surface area (Å²) in [4.78, 5) is 0. The average Bonchev–Trinajstić information content (AvgIpc) is 2.79. The fourth-order valence-electron chi connectivity index (χ4n) is 2.37. The molecule has 0 amide bonds. The molecule has 3 rings (SSSR count). The quantitative estimate of drug-likeness (QED) is 0.680. The Hall–Kier alpha value is -2.16. The van der Waals surface area contributed by atoms with E-state index in [9.17, 15) is 0 Å². The van der Waals surface area contributed by atoms with Crippen molar-refractivity contribution in [2.75, 3.05) is 0 Å². The minimum Gasteiger partial charge on any atom is -0.337 e. The molecular formula is C15H15N3. The van der Waals surface area contributed by atoms with Gasteiger partial charge in [0.1, 0.15) is 5.69 Å². The van der Waals surface area contributed by atoms with Gasteiger partial charge in [-0.3, -0.25) is 0 Å². The van der Waals surface area contributed by atoms with Crippen LogP contribution in [0.4, 0.5) is 0 Å². The summed E-state index contributed by atoms with van der Waals surface area (Å²) < 4.78 is 2.30. The molecule has 0 bridgehead atoms. The largest absolute Gasteiger partial charge is 0.337 e. The summed E-state index contributed by atoms with van der Waals surface area (Å²) in [6.45, 7) is 4.37. The Labute approximate surface area is 106 Å². The van der Waals surface area contributed by atoms with Gasteiger partial charge in [-0.25, -0.2) is 0 Å². The van der Waals surface area contributed by atoms with Crippen LogP contribution in [0.25, 0.3) is 22.3 Å². The number of hydrogen-bond acceptors (Lipinski definition) is 2. The molecule has 0 N–H and O–H groups in total. The molecule has 3 heteroatoms. The van der Waals surface area contributed by atoms with Gasteiger partial charge in [-0.1, -0.05) is 18.2 Å². The van der Waals surface area contributed by atoms with Crippen LogP contribution in [-0.4, -0.2) is 14.8 Å². The lowest BCUT2D eigenvalue weighted by molar-refractivity contribution is 0.627. The molecule has 0 aliphatic carbocycles. The first-order valence-corrected chi connectivity index (χ1v) is 6.15. The minimum absolute atomic E-state index is 0.391. The van der Waals surface area contributed by atoms with Crippen molar-refractivity contribution in [3.05, 3.63) is 48.7 Å². The van der Waals surface area contributed by atoms with E-state index in [1.54, 1.807) is 6.20 Å². The average molecular weight is 237 g/mol. The molecule has 0 saturated heterocycles. The van der Waals surface area contributed by atoms with Crippen LogP contribution in [0.15, 0.2) is 48.7 Å². The lowest BCUT2D eigenvalue weighted by Crippen LogP contribution is -2.03. The highest BCUT2D eigenvalue weighted by atomic mass is 15.1. The molecule has 2 heterocycles. The van der Waals surface area contributed by atoms with E-state index in [0.717, 1.165) is 11.4 Å². The molecule has 0 spiro atoms. The summed E-state index contributed by atoms with van der Waals surface area (Å²) in [5.41, 5.74) is 3.29. The SMILES string of the molecule is CC(C)n1c(-c2cccnn2)cc2ccccc21. The van der Waals surface area contributed by atoms with Crippen molar-refractivity contribution in [3.63, 3.8) is 0 Å². The van der Waals surface area contributed by atoms with Crippen LogP contribution in [0.2, 0.25) is 0 Å². The second-order valence-electron chi connectivity index (χ2n) is 4.66. The summed E-state index contributed by atoms with van der Waals surface area (Å²) in [5.74, 6) is 0. The topological polar surface area (TPSA) is 30.7 Å². The zero-order chi connectivity index (χ0) is 12.5. The molecule has 0 saturated carbocycles. The molecule has 3 aromatic rings. The third-order valence-electron chi connectivity index (χ3n) is 3.10. The van der Waals surface area contributed by atoms with Gasteiger partial charge in [0, 0.05) is 23.1 Å². The van der Waals surface area contributed by atoms with Gasteiger partial charge in [0.05, 0.1) is 5.69 Å². The standard InChI is InChI=1S/C15H15N3/c1-11(2)18-14-8-4-3-6-12(14)10-15(18)13-7-5-9-16-17-13/h3-11H,1-2H3. The van der Waals surface area contributed by atoms with Crippen molar-refractivity contribution < 1.29 is 0 Å². The Morgan fingerprint density at radius 2 is 1.89 bits per heavy atom. The molecule has 0 atom stereocenters. The molecule has 90 valence electrons. The number of rotatable bonds is 2. The van der Waals surface area contributed by atoms with Crippen LogP contribution in [0.1, 0.15) is 19.9 Å². The van der Waals surface area contributed by atoms with Crippen molar-refractivity contribution in [2.45, 2.75) is 19.9 Å². The van der Waals surface area contributed by atoms with Gasteiger partial charge < -0.3 is 4.57 Å². The monoisotopic (exact) mass is 237 g/mol. The summed E-state index contributed by atoms with van der Waals surface area (Å²) in [5, 5.41) is 9.43. The normalized spacial score (nSPS) is 11.3. The fraction of sp³-hybridized carbons (Fsp3) is 0.200. The van der Waals surface area contributed by atoms with Crippen molar-refractivity contribution in [1.29, 1.82) is 0 Å². The lowest BCUT2D eigenvalue weighted by Gasteiger charge is -2.13. The molecular weight excluding hydrogens is 222 g/mol. The highest BCUT2D eigenvalue weighted by molar-refractivity contribution is 5.86. The Morgan fingerprint density at radius 3 is 2.61 bits per heavy atom. The second kappa shape index (κ2) is 4.26. The Balaban J connectivity index is 2.32. The highest BCUT2D eigenvalue weighted by Gasteiger charge is 2.13. The predicted octanol–water partition coefficient (Wildman–Crippen LogP) is 3.68. The van der Waals surface area contributed by atoms with Crippen LogP contribution in [-0.2, 0) is 0 Å². The van der Waals surface area contributed by atoms with Gasteiger partial charge in [-0.05, 0) is 38.1 Å². The predicted molar refractivity (Wildman–Crippen MR) is 73.3 cm³/mol. The number of benzene rings is 1. The smallest absolute Gasteiger partial charge is 0.109 e.